The molecule has 1 nitrogen and oxygen atoms in total. The Bertz CT molecular complexity index is 308. The van der Waals surface area contributed by atoms with Crippen LogP contribution in [0, 0.1) is 5.92 Å². The first-order chi connectivity index (χ1) is 7.33. The normalized spacial score (nSPS) is 26.8. The highest BCUT2D eigenvalue weighted by molar-refractivity contribution is 9.10. The molecular formula is C12H18BrNS. The average Bonchev–Trinajstić information content (AvgIpc) is 2.66. The fourth-order valence-electron chi connectivity index (χ4n) is 2.68. The number of hydrogen-bond donors (Lipinski definition) is 1. The standard InChI is InChI=1S/C12H18BrNS/c1-14-6-9-4-2-3-5-10(9)11-7-15-8-12(11)13/h7-10,14H,2-6H2,1H3. The van der Waals surface area contributed by atoms with Crippen LogP contribution in [0.15, 0.2) is 15.2 Å². The summed E-state index contributed by atoms with van der Waals surface area (Å²) in [5.41, 5.74) is 1.54. The summed E-state index contributed by atoms with van der Waals surface area (Å²) >= 11 is 5.48. The summed E-state index contributed by atoms with van der Waals surface area (Å²) in [7, 11) is 2.06. The molecule has 2 atom stereocenters. The molecule has 0 radical (unpaired) electrons. The van der Waals surface area contributed by atoms with Crippen molar-refractivity contribution < 1.29 is 0 Å². The summed E-state index contributed by atoms with van der Waals surface area (Å²) < 4.78 is 1.32. The van der Waals surface area contributed by atoms with Gasteiger partial charge in [-0.3, -0.25) is 0 Å². The second-order valence-electron chi connectivity index (χ2n) is 4.38. The van der Waals surface area contributed by atoms with E-state index in [0.717, 1.165) is 18.4 Å². The summed E-state index contributed by atoms with van der Waals surface area (Å²) in [6.07, 6.45) is 5.55. The Balaban J connectivity index is 2.14. The molecule has 3 heteroatoms. The summed E-state index contributed by atoms with van der Waals surface area (Å²) in [6, 6.07) is 0. The minimum absolute atomic E-state index is 0.770. The van der Waals surface area contributed by atoms with Crippen molar-refractivity contribution in [3.8, 4) is 0 Å². The fourth-order valence-corrected chi connectivity index (χ4v) is 4.34. The van der Waals surface area contributed by atoms with Crippen molar-refractivity contribution in [2.24, 2.45) is 5.92 Å². The molecule has 0 amide bonds. The highest BCUT2D eigenvalue weighted by Gasteiger charge is 2.27. The smallest absolute Gasteiger partial charge is 0.0317 e. The van der Waals surface area contributed by atoms with Gasteiger partial charge in [-0.15, -0.1) is 0 Å². The molecule has 0 aromatic carbocycles. The summed E-state index contributed by atoms with van der Waals surface area (Å²) in [5, 5.41) is 7.87. The van der Waals surface area contributed by atoms with Gasteiger partial charge in [-0.1, -0.05) is 12.8 Å². The van der Waals surface area contributed by atoms with Crippen molar-refractivity contribution in [3.63, 3.8) is 0 Å². The first kappa shape index (κ1) is 11.6. The molecule has 1 aliphatic carbocycles. The van der Waals surface area contributed by atoms with Crippen molar-refractivity contribution in [1.82, 2.24) is 5.32 Å². The molecule has 15 heavy (non-hydrogen) atoms. The van der Waals surface area contributed by atoms with E-state index < -0.39 is 0 Å². The maximum Gasteiger partial charge on any atom is 0.0317 e. The van der Waals surface area contributed by atoms with Crippen LogP contribution in [-0.4, -0.2) is 13.6 Å². The molecule has 1 saturated carbocycles. The predicted molar refractivity (Wildman–Crippen MR) is 70.6 cm³/mol. The molecule has 1 fully saturated rings. The first-order valence-corrected chi connectivity index (χ1v) is 7.42. The molecule has 0 aliphatic heterocycles. The molecule has 1 aliphatic rings. The molecule has 2 unspecified atom stereocenters. The van der Waals surface area contributed by atoms with E-state index in [4.69, 9.17) is 0 Å². The molecule has 1 N–H and O–H groups in total. The molecule has 2 rings (SSSR count). The highest BCUT2D eigenvalue weighted by Crippen LogP contribution is 2.41. The second-order valence-corrected chi connectivity index (χ2v) is 5.98. The number of rotatable bonds is 3. The van der Waals surface area contributed by atoms with Gasteiger partial charge in [-0.05, 0) is 65.1 Å². The number of thiophene rings is 1. The minimum Gasteiger partial charge on any atom is -0.319 e. The number of halogens is 1. The van der Waals surface area contributed by atoms with Gasteiger partial charge in [0.1, 0.15) is 0 Å². The highest BCUT2D eigenvalue weighted by atomic mass is 79.9. The third-order valence-electron chi connectivity index (χ3n) is 3.42. The van der Waals surface area contributed by atoms with E-state index in [1.54, 1.807) is 5.56 Å². The second kappa shape index (κ2) is 5.46. The maximum absolute atomic E-state index is 3.67. The van der Waals surface area contributed by atoms with Gasteiger partial charge in [-0.2, -0.15) is 11.3 Å². The van der Waals surface area contributed by atoms with Gasteiger partial charge in [-0.25, -0.2) is 0 Å². The molecule has 0 saturated heterocycles. The minimum atomic E-state index is 0.770. The van der Waals surface area contributed by atoms with Gasteiger partial charge in [0, 0.05) is 9.85 Å². The van der Waals surface area contributed by atoms with Crippen LogP contribution in [0.2, 0.25) is 0 Å². The zero-order valence-electron chi connectivity index (χ0n) is 9.13. The zero-order chi connectivity index (χ0) is 10.7. The summed E-state index contributed by atoms with van der Waals surface area (Å²) in [5.74, 6) is 1.60. The first-order valence-electron chi connectivity index (χ1n) is 5.69. The Kier molecular flexibility index (Phi) is 4.23. The van der Waals surface area contributed by atoms with Gasteiger partial charge in [0.2, 0.25) is 0 Å². The molecule has 0 spiro atoms. The molecule has 0 bridgehead atoms. The van der Waals surface area contributed by atoms with Crippen molar-refractivity contribution in [2.75, 3.05) is 13.6 Å². The van der Waals surface area contributed by atoms with Gasteiger partial charge in [0.15, 0.2) is 0 Å². The fraction of sp³-hybridized carbons (Fsp3) is 0.667. The van der Waals surface area contributed by atoms with E-state index in [9.17, 15) is 0 Å². The van der Waals surface area contributed by atoms with Crippen LogP contribution >= 0.6 is 27.3 Å². The van der Waals surface area contributed by atoms with Crippen molar-refractivity contribution in [3.05, 3.63) is 20.8 Å². The Morgan fingerprint density at radius 3 is 2.87 bits per heavy atom. The molecular weight excluding hydrogens is 270 g/mol. The number of nitrogens with one attached hydrogen (secondary N) is 1. The largest absolute Gasteiger partial charge is 0.319 e. The average molecular weight is 288 g/mol. The summed E-state index contributed by atoms with van der Waals surface area (Å²) in [6.45, 7) is 1.16. The van der Waals surface area contributed by atoms with Crippen LogP contribution < -0.4 is 5.32 Å². The van der Waals surface area contributed by atoms with Crippen molar-refractivity contribution >= 4 is 27.3 Å². The van der Waals surface area contributed by atoms with Gasteiger partial charge < -0.3 is 5.32 Å². The lowest BCUT2D eigenvalue weighted by molar-refractivity contribution is 0.301. The van der Waals surface area contributed by atoms with Crippen LogP contribution in [0.1, 0.15) is 37.2 Å². The molecule has 84 valence electrons. The van der Waals surface area contributed by atoms with Gasteiger partial charge >= 0.3 is 0 Å². The van der Waals surface area contributed by atoms with E-state index >= 15 is 0 Å². The monoisotopic (exact) mass is 287 g/mol. The maximum atomic E-state index is 3.67. The topological polar surface area (TPSA) is 12.0 Å². The Morgan fingerprint density at radius 2 is 2.20 bits per heavy atom. The van der Waals surface area contributed by atoms with Crippen molar-refractivity contribution in [2.45, 2.75) is 31.6 Å². The molecule has 1 aromatic rings. The van der Waals surface area contributed by atoms with Gasteiger partial charge in [0.25, 0.3) is 0 Å². The van der Waals surface area contributed by atoms with Crippen LogP contribution in [-0.2, 0) is 0 Å². The Labute approximate surface area is 104 Å². The zero-order valence-corrected chi connectivity index (χ0v) is 11.5. The number of hydrogen-bond acceptors (Lipinski definition) is 2. The van der Waals surface area contributed by atoms with E-state index in [-0.39, 0.29) is 0 Å². The van der Waals surface area contributed by atoms with E-state index in [2.05, 4.69) is 39.1 Å². The van der Waals surface area contributed by atoms with Crippen LogP contribution in [0.4, 0.5) is 0 Å². The predicted octanol–water partition coefficient (Wildman–Crippen LogP) is 4.00. The Hall–Kier alpha value is 0.140. The SMILES string of the molecule is CNCC1CCCCC1c1cscc1Br. The van der Waals surface area contributed by atoms with Crippen LogP contribution in [0.3, 0.4) is 0 Å². The van der Waals surface area contributed by atoms with Gasteiger partial charge in [0.05, 0.1) is 0 Å². The van der Waals surface area contributed by atoms with Crippen LogP contribution in [0.5, 0.6) is 0 Å². The lowest BCUT2D eigenvalue weighted by Gasteiger charge is -2.31. The van der Waals surface area contributed by atoms with E-state index in [0.29, 0.717) is 0 Å². The molecule has 1 aromatic heterocycles. The lowest BCUT2D eigenvalue weighted by atomic mass is 9.76. The third-order valence-corrected chi connectivity index (χ3v) is 5.17. The third kappa shape index (κ3) is 2.63. The van der Waals surface area contributed by atoms with E-state index in [1.165, 1.54) is 30.2 Å². The van der Waals surface area contributed by atoms with Crippen molar-refractivity contribution in [1.29, 1.82) is 0 Å². The Morgan fingerprint density at radius 1 is 1.40 bits per heavy atom. The quantitative estimate of drug-likeness (QED) is 0.886. The molecule has 1 heterocycles. The lowest BCUT2D eigenvalue weighted by Crippen LogP contribution is -2.27. The van der Waals surface area contributed by atoms with Crippen LogP contribution in [0.25, 0.3) is 0 Å². The van der Waals surface area contributed by atoms with E-state index in [1.807, 2.05) is 11.3 Å². The summed E-state index contributed by atoms with van der Waals surface area (Å²) in [4.78, 5) is 0.